The van der Waals surface area contributed by atoms with E-state index in [9.17, 15) is 0 Å². The van der Waals surface area contributed by atoms with Crippen LogP contribution < -0.4 is 0 Å². The number of aromatic nitrogens is 4. The lowest BCUT2D eigenvalue weighted by atomic mass is 10.1. The van der Waals surface area contributed by atoms with Gasteiger partial charge in [0.15, 0.2) is 11.5 Å². The van der Waals surface area contributed by atoms with Gasteiger partial charge < -0.3 is 0 Å². The van der Waals surface area contributed by atoms with E-state index in [1.54, 1.807) is 4.52 Å². The van der Waals surface area contributed by atoms with E-state index >= 15 is 0 Å². The predicted molar refractivity (Wildman–Crippen MR) is 57.8 cm³/mol. The zero-order valence-electron chi connectivity index (χ0n) is 8.60. The van der Waals surface area contributed by atoms with Gasteiger partial charge in [0.05, 0.1) is 5.69 Å². The van der Waals surface area contributed by atoms with E-state index in [0.29, 0.717) is 0 Å². The SMILES string of the molecule is Cc1nn2c(C)nnc2c2ccccc12. The third-order valence-corrected chi connectivity index (χ3v) is 2.60. The van der Waals surface area contributed by atoms with E-state index in [1.165, 1.54) is 0 Å². The van der Waals surface area contributed by atoms with Crippen molar-refractivity contribution in [3.8, 4) is 0 Å². The van der Waals surface area contributed by atoms with Gasteiger partial charge >= 0.3 is 0 Å². The van der Waals surface area contributed by atoms with E-state index in [4.69, 9.17) is 0 Å². The summed E-state index contributed by atoms with van der Waals surface area (Å²) in [7, 11) is 0. The second kappa shape index (κ2) is 2.76. The zero-order valence-corrected chi connectivity index (χ0v) is 8.60. The Morgan fingerprint density at radius 1 is 1.00 bits per heavy atom. The van der Waals surface area contributed by atoms with Crippen LogP contribution in [0.25, 0.3) is 16.4 Å². The van der Waals surface area contributed by atoms with Crippen molar-refractivity contribution in [2.75, 3.05) is 0 Å². The summed E-state index contributed by atoms with van der Waals surface area (Å²) in [6.07, 6.45) is 0. The molecule has 15 heavy (non-hydrogen) atoms. The van der Waals surface area contributed by atoms with Crippen molar-refractivity contribution < 1.29 is 0 Å². The second-order valence-electron chi connectivity index (χ2n) is 3.61. The average Bonchev–Trinajstić information content (AvgIpc) is 2.62. The van der Waals surface area contributed by atoms with Gasteiger partial charge in [-0.15, -0.1) is 10.2 Å². The Morgan fingerprint density at radius 3 is 2.53 bits per heavy atom. The Balaban J connectivity index is 2.65. The minimum absolute atomic E-state index is 0.818. The van der Waals surface area contributed by atoms with Gasteiger partial charge in [0, 0.05) is 10.8 Å². The molecule has 0 aliphatic rings. The van der Waals surface area contributed by atoms with Gasteiger partial charge in [-0.2, -0.15) is 9.61 Å². The van der Waals surface area contributed by atoms with Gasteiger partial charge in [0.1, 0.15) is 0 Å². The maximum Gasteiger partial charge on any atom is 0.185 e. The van der Waals surface area contributed by atoms with Crippen molar-refractivity contribution in [2.24, 2.45) is 0 Å². The Bertz CT molecular complexity index is 654. The molecular formula is C11H10N4. The standard InChI is InChI=1S/C11H10N4/c1-7-9-5-3-4-6-10(9)11-13-12-8(2)15(11)14-7/h3-6H,1-2H3. The topological polar surface area (TPSA) is 43.1 Å². The van der Waals surface area contributed by atoms with Gasteiger partial charge in [-0.3, -0.25) is 0 Å². The van der Waals surface area contributed by atoms with Gasteiger partial charge in [0.2, 0.25) is 0 Å². The molecule has 0 atom stereocenters. The summed E-state index contributed by atoms with van der Waals surface area (Å²) < 4.78 is 1.79. The quantitative estimate of drug-likeness (QED) is 0.554. The van der Waals surface area contributed by atoms with Crippen LogP contribution in [-0.2, 0) is 0 Å². The van der Waals surface area contributed by atoms with Crippen molar-refractivity contribution in [3.63, 3.8) is 0 Å². The van der Waals surface area contributed by atoms with Crippen molar-refractivity contribution in [1.29, 1.82) is 0 Å². The van der Waals surface area contributed by atoms with Crippen LogP contribution in [-0.4, -0.2) is 19.8 Å². The van der Waals surface area contributed by atoms with Crippen molar-refractivity contribution in [3.05, 3.63) is 35.8 Å². The normalized spacial score (nSPS) is 11.3. The lowest BCUT2D eigenvalue weighted by Gasteiger charge is -2.02. The second-order valence-corrected chi connectivity index (χ2v) is 3.61. The number of aryl methyl sites for hydroxylation is 2. The Morgan fingerprint density at radius 2 is 1.73 bits per heavy atom. The molecule has 0 aliphatic carbocycles. The lowest BCUT2D eigenvalue weighted by Crippen LogP contribution is -1.98. The molecular weight excluding hydrogens is 188 g/mol. The summed E-state index contributed by atoms with van der Waals surface area (Å²) in [5.74, 6) is 0.818. The van der Waals surface area contributed by atoms with Crippen LogP contribution >= 0.6 is 0 Å². The van der Waals surface area contributed by atoms with E-state index in [1.807, 2.05) is 32.0 Å². The molecule has 0 radical (unpaired) electrons. The fourth-order valence-corrected chi connectivity index (χ4v) is 1.84. The maximum atomic E-state index is 4.46. The molecule has 74 valence electrons. The number of fused-ring (bicyclic) bond motifs is 3. The van der Waals surface area contributed by atoms with Crippen LogP contribution in [0.5, 0.6) is 0 Å². The van der Waals surface area contributed by atoms with Crippen LogP contribution in [0.15, 0.2) is 24.3 Å². The highest BCUT2D eigenvalue weighted by molar-refractivity contribution is 5.94. The summed E-state index contributed by atoms with van der Waals surface area (Å²) in [4.78, 5) is 0. The van der Waals surface area contributed by atoms with Gasteiger partial charge in [-0.25, -0.2) is 0 Å². The highest BCUT2D eigenvalue weighted by Gasteiger charge is 2.08. The molecule has 3 rings (SSSR count). The first kappa shape index (κ1) is 8.35. The molecule has 0 fully saturated rings. The monoisotopic (exact) mass is 198 g/mol. The lowest BCUT2D eigenvalue weighted by molar-refractivity contribution is 0.860. The minimum Gasteiger partial charge on any atom is -0.197 e. The predicted octanol–water partition coefficient (Wildman–Crippen LogP) is 1.89. The van der Waals surface area contributed by atoms with Crippen molar-refractivity contribution in [2.45, 2.75) is 13.8 Å². The molecule has 4 nitrogen and oxygen atoms in total. The summed E-state index contributed by atoms with van der Waals surface area (Å²) in [6.45, 7) is 3.91. The molecule has 0 aliphatic heterocycles. The molecule has 2 heterocycles. The highest BCUT2D eigenvalue weighted by Crippen LogP contribution is 2.20. The molecule has 0 bridgehead atoms. The summed E-state index contributed by atoms with van der Waals surface area (Å²) in [5, 5.41) is 14.9. The van der Waals surface area contributed by atoms with E-state index in [0.717, 1.165) is 27.9 Å². The first-order valence-corrected chi connectivity index (χ1v) is 4.85. The Hall–Kier alpha value is -1.97. The highest BCUT2D eigenvalue weighted by atomic mass is 15.4. The molecule has 2 aromatic heterocycles. The first-order valence-electron chi connectivity index (χ1n) is 4.85. The molecule has 0 spiro atoms. The minimum atomic E-state index is 0.818. The van der Waals surface area contributed by atoms with Crippen molar-refractivity contribution in [1.82, 2.24) is 19.8 Å². The van der Waals surface area contributed by atoms with Crippen LogP contribution in [0.4, 0.5) is 0 Å². The molecule has 0 saturated heterocycles. The van der Waals surface area contributed by atoms with Crippen LogP contribution in [0.3, 0.4) is 0 Å². The van der Waals surface area contributed by atoms with E-state index in [2.05, 4.69) is 21.4 Å². The van der Waals surface area contributed by atoms with Crippen LogP contribution in [0.1, 0.15) is 11.5 Å². The van der Waals surface area contributed by atoms with Gasteiger partial charge in [-0.1, -0.05) is 24.3 Å². The molecule has 0 amide bonds. The average molecular weight is 198 g/mol. The van der Waals surface area contributed by atoms with Gasteiger partial charge in [-0.05, 0) is 13.8 Å². The number of nitrogens with zero attached hydrogens (tertiary/aromatic N) is 4. The number of hydrogen-bond acceptors (Lipinski definition) is 3. The number of hydrogen-bond donors (Lipinski definition) is 0. The summed E-state index contributed by atoms with van der Waals surface area (Å²) >= 11 is 0. The number of rotatable bonds is 0. The molecule has 4 heteroatoms. The molecule has 3 aromatic rings. The fraction of sp³-hybridized carbons (Fsp3) is 0.182. The fourth-order valence-electron chi connectivity index (χ4n) is 1.84. The van der Waals surface area contributed by atoms with Crippen LogP contribution in [0.2, 0.25) is 0 Å². The summed E-state index contributed by atoms with van der Waals surface area (Å²) in [6, 6.07) is 8.12. The smallest absolute Gasteiger partial charge is 0.185 e. The Labute approximate surface area is 86.6 Å². The van der Waals surface area contributed by atoms with Crippen molar-refractivity contribution >= 4 is 16.4 Å². The third-order valence-electron chi connectivity index (χ3n) is 2.60. The number of benzene rings is 1. The van der Waals surface area contributed by atoms with Crippen LogP contribution in [0, 0.1) is 13.8 Å². The third kappa shape index (κ3) is 1.05. The molecule has 0 saturated carbocycles. The molecule has 1 aromatic carbocycles. The molecule has 0 N–H and O–H groups in total. The largest absolute Gasteiger partial charge is 0.197 e. The molecule has 0 unspecified atom stereocenters. The van der Waals surface area contributed by atoms with E-state index in [-0.39, 0.29) is 0 Å². The van der Waals surface area contributed by atoms with Gasteiger partial charge in [0.25, 0.3) is 0 Å². The zero-order chi connectivity index (χ0) is 10.4. The maximum absolute atomic E-state index is 4.46. The Kier molecular flexibility index (Phi) is 1.54. The first-order chi connectivity index (χ1) is 7.27. The van der Waals surface area contributed by atoms with E-state index < -0.39 is 0 Å². The summed E-state index contributed by atoms with van der Waals surface area (Å²) in [5.41, 5.74) is 1.83.